The largest absolute Gasteiger partial charge is 0.493 e. The summed E-state index contributed by atoms with van der Waals surface area (Å²) >= 11 is 0. The molecule has 0 radical (unpaired) electrons. The molecule has 2 aromatic carbocycles. The monoisotopic (exact) mass is 296 g/mol. The minimum absolute atomic E-state index is 0.0639. The van der Waals surface area contributed by atoms with Crippen LogP contribution in [0, 0.1) is 6.92 Å². The van der Waals surface area contributed by atoms with Crippen LogP contribution in [-0.4, -0.2) is 14.2 Å². The summed E-state index contributed by atoms with van der Waals surface area (Å²) in [6.07, 6.45) is 0. The highest BCUT2D eigenvalue weighted by molar-refractivity contribution is 5.79. The molecule has 1 heterocycles. The Morgan fingerprint density at radius 1 is 0.909 bits per heavy atom. The lowest BCUT2D eigenvalue weighted by Crippen LogP contribution is -2.00. The molecular weight excluding hydrogens is 280 g/mol. The Labute approximate surface area is 127 Å². The zero-order chi connectivity index (χ0) is 15.7. The highest BCUT2D eigenvalue weighted by Crippen LogP contribution is 2.32. The molecule has 0 bridgehead atoms. The molecule has 0 saturated carbocycles. The summed E-state index contributed by atoms with van der Waals surface area (Å²) in [5.74, 6) is 1.72. The number of ether oxygens (including phenoxy) is 2. The SMILES string of the molecule is COc1ccc(-c2cc(=O)c3ccc(C)cc3o2)cc1OC. The Kier molecular flexibility index (Phi) is 3.59. The van der Waals surface area contributed by atoms with Crippen molar-refractivity contribution in [2.75, 3.05) is 14.2 Å². The molecule has 22 heavy (non-hydrogen) atoms. The van der Waals surface area contributed by atoms with Crippen LogP contribution in [0.25, 0.3) is 22.3 Å². The van der Waals surface area contributed by atoms with E-state index in [2.05, 4.69) is 0 Å². The van der Waals surface area contributed by atoms with Crippen LogP contribution < -0.4 is 14.9 Å². The van der Waals surface area contributed by atoms with Crippen LogP contribution in [0.15, 0.2) is 51.7 Å². The number of hydrogen-bond donors (Lipinski definition) is 0. The second kappa shape index (κ2) is 5.56. The van der Waals surface area contributed by atoms with Gasteiger partial charge < -0.3 is 13.9 Å². The van der Waals surface area contributed by atoms with E-state index in [1.807, 2.05) is 25.1 Å². The van der Waals surface area contributed by atoms with Crippen LogP contribution in [-0.2, 0) is 0 Å². The Morgan fingerprint density at radius 2 is 1.68 bits per heavy atom. The van der Waals surface area contributed by atoms with Crippen molar-refractivity contribution in [3.05, 3.63) is 58.3 Å². The van der Waals surface area contributed by atoms with E-state index in [0.29, 0.717) is 28.2 Å². The summed E-state index contributed by atoms with van der Waals surface area (Å²) in [6, 6.07) is 12.5. The van der Waals surface area contributed by atoms with E-state index in [1.54, 1.807) is 32.4 Å². The van der Waals surface area contributed by atoms with E-state index < -0.39 is 0 Å². The van der Waals surface area contributed by atoms with Crippen molar-refractivity contribution in [3.63, 3.8) is 0 Å². The van der Waals surface area contributed by atoms with Gasteiger partial charge in [-0.1, -0.05) is 6.07 Å². The first-order valence-electron chi connectivity index (χ1n) is 6.89. The maximum absolute atomic E-state index is 12.2. The molecule has 0 aliphatic rings. The Hall–Kier alpha value is -2.75. The topological polar surface area (TPSA) is 48.7 Å². The summed E-state index contributed by atoms with van der Waals surface area (Å²) in [4.78, 5) is 12.2. The third-order valence-electron chi connectivity index (χ3n) is 3.55. The average Bonchev–Trinajstić information content (AvgIpc) is 2.53. The minimum atomic E-state index is -0.0639. The number of fused-ring (bicyclic) bond motifs is 1. The van der Waals surface area contributed by atoms with E-state index in [0.717, 1.165) is 11.1 Å². The zero-order valence-corrected chi connectivity index (χ0v) is 12.7. The highest BCUT2D eigenvalue weighted by Gasteiger charge is 2.10. The molecule has 4 nitrogen and oxygen atoms in total. The number of hydrogen-bond acceptors (Lipinski definition) is 4. The van der Waals surface area contributed by atoms with E-state index in [9.17, 15) is 4.79 Å². The first kappa shape index (κ1) is 14.2. The molecule has 3 aromatic rings. The molecule has 0 aliphatic heterocycles. The maximum atomic E-state index is 12.2. The van der Waals surface area contributed by atoms with Crippen LogP contribution in [0.2, 0.25) is 0 Å². The van der Waals surface area contributed by atoms with E-state index in [1.165, 1.54) is 6.07 Å². The normalized spacial score (nSPS) is 10.7. The average molecular weight is 296 g/mol. The van der Waals surface area contributed by atoms with Crippen molar-refractivity contribution < 1.29 is 13.9 Å². The lowest BCUT2D eigenvalue weighted by atomic mass is 10.1. The van der Waals surface area contributed by atoms with Crippen LogP contribution in [0.3, 0.4) is 0 Å². The predicted molar refractivity (Wildman–Crippen MR) is 85.8 cm³/mol. The van der Waals surface area contributed by atoms with Gasteiger partial charge in [0.2, 0.25) is 0 Å². The quantitative estimate of drug-likeness (QED) is 0.738. The number of aryl methyl sites for hydroxylation is 1. The van der Waals surface area contributed by atoms with Gasteiger partial charge in [0.1, 0.15) is 11.3 Å². The van der Waals surface area contributed by atoms with Crippen LogP contribution in [0.4, 0.5) is 0 Å². The minimum Gasteiger partial charge on any atom is -0.493 e. The van der Waals surface area contributed by atoms with Gasteiger partial charge in [-0.25, -0.2) is 0 Å². The molecule has 0 fully saturated rings. The molecule has 1 aromatic heterocycles. The van der Waals surface area contributed by atoms with Gasteiger partial charge in [0.25, 0.3) is 0 Å². The highest BCUT2D eigenvalue weighted by atomic mass is 16.5. The Bertz CT molecular complexity index is 893. The first-order valence-corrected chi connectivity index (χ1v) is 6.89. The third kappa shape index (κ3) is 2.44. The summed E-state index contributed by atoms with van der Waals surface area (Å²) in [5.41, 5.74) is 2.32. The summed E-state index contributed by atoms with van der Waals surface area (Å²) in [7, 11) is 3.15. The van der Waals surface area contributed by atoms with Crippen LogP contribution >= 0.6 is 0 Å². The lowest BCUT2D eigenvalue weighted by molar-refractivity contribution is 0.355. The van der Waals surface area contributed by atoms with E-state index >= 15 is 0 Å². The van der Waals surface area contributed by atoms with Crippen molar-refractivity contribution in [1.29, 1.82) is 0 Å². The first-order chi connectivity index (χ1) is 10.6. The second-order valence-corrected chi connectivity index (χ2v) is 5.04. The molecule has 0 aliphatic carbocycles. The number of methoxy groups -OCH3 is 2. The fourth-order valence-corrected chi connectivity index (χ4v) is 2.39. The summed E-state index contributed by atoms with van der Waals surface area (Å²) < 4.78 is 16.4. The van der Waals surface area contributed by atoms with E-state index in [4.69, 9.17) is 13.9 Å². The maximum Gasteiger partial charge on any atom is 0.193 e. The molecule has 0 N–H and O–H groups in total. The molecule has 0 amide bonds. The van der Waals surface area contributed by atoms with Crippen molar-refractivity contribution in [2.24, 2.45) is 0 Å². The molecule has 3 rings (SSSR count). The van der Waals surface area contributed by atoms with Gasteiger partial charge >= 0.3 is 0 Å². The molecular formula is C18H16O4. The molecule has 0 saturated heterocycles. The summed E-state index contributed by atoms with van der Waals surface area (Å²) in [5, 5.41) is 0.579. The Morgan fingerprint density at radius 3 is 2.41 bits per heavy atom. The molecule has 0 spiro atoms. The van der Waals surface area contributed by atoms with Crippen molar-refractivity contribution >= 4 is 11.0 Å². The van der Waals surface area contributed by atoms with Gasteiger partial charge in [-0.2, -0.15) is 0 Å². The van der Waals surface area contributed by atoms with Gasteiger partial charge in [0.05, 0.1) is 19.6 Å². The molecule has 112 valence electrons. The summed E-state index contributed by atoms with van der Waals surface area (Å²) in [6.45, 7) is 1.96. The molecule has 0 atom stereocenters. The van der Waals surface area contributed by atoms with Gasteiger partial charge in [0.15, 0.2) is 16.9 Å². The van der Waals surface area contributed by atoms with Crippen molar-refractivity contribution in [2.45, 2.75) is 6.92 Å². The second-order valence-electron chi connectivity index (χ2n) is 5.04. The van der Waals surface area contributed by atoms with E-state index in [-0.39, 0.29) is 5.43 Å². The fraction of sp³-hybridized carbons (Fsp3) is 0.167. The van der Waals surface area contributed by atoms with Crippen molar-refractivity contribution in [3.8, 4) is 22.8 Å². The predicted octanol–water partition coefficient (Wildman–Crippen LogP) is 3.79. The molecule has 4 heteroatoms. The van der Waals surface area contributed by atoms with Gasteiger partial charge in [-0.05, 0) is 42.8 Å². The number of rotatable bonds is 3. The lowest BCUT2D eigenvalue weighted by Gasteiger charge is -2.09. The van der Waals surface area contributed by atoms with Crippen LogP contribution in [0.1, 0.15) is 5.56 Å². The molecule has 0 unspecified atom stereocenters. The van der Waals surface area contributed by atoms with Gasteiger partial charge in [0, 0.05) is 11.6 Å². The fourth-order valence-electron chi connectivity index (χ4n) is 2.39. The number of benzene rings is 2. The Balaban J connectivity index is 2.20. The van der Waals surface area contributed by atoms with Crippen LogP contribution in [0.5, 0.6) is 11.5 Å². The van der Waals surface area contributed by atoms with Crippen molar-refractivity contribution in [1.82, 2.24) is 0 Å². The van der Waals surface area contributed by atoms with Gasteiger partial charge in [-0.15, -0.1) is 0 Å². The van der Waals surface area contributed by atoms with Gasteiger partial charge in [-0.3, -0.25) is 4.79 Å². The smallest absolute Gasteiger partial charge is 0.193 e. The standard InChI is InChI=1S/C18H16O4/c1-11-4-6-13-14(19)10-16(22-17(13)8-11)12-5-7-15(20-2)18(9-12)21-3/h4-10H,1-3H3. The third-order valence-corrected chi connectivity index (χ3v) is 3.55. The zero-order valence-electron chi connectivity index (χ0n) is 12.7.